The molecule has 0 atom stereocenters. The number of imide groups is 1. The first-order valence-electron chi connectivity index (χ1n) is 4.84. The molecule has 0 aromatic carbocycles. The number of carboxylic acid groups (broad SMARTS) is 1. The number of hydrogen-bond donors (Lipinski definition) is 1. The molecule has 0 saturated carbocycles. The van der Waals surface area contributed by atoms with Gasteiger partial charge in [-0.3, -0.25) is 14.5 Å². The quantitative estimate of drug-likeness (QED) is 0.546. The Morgan fingerprint density at radius 1 is 1.27 bits per heavy atom. The van der Waals surface area contributed by atoms with Gasteiger partial charge in [0.1, 0.15) is 0 Å². The largest absolute Gasteiger partial charge is 0.478 e. The van der Waals surface area contributed by atoms with Gasteiger partial charge in [0.05, 0.1) is 0 Å². The van der Waals surface area contributed by atoms with Gasteiger partial charge in [-0.15, -0.1) is 0 Å². The number of rotatable bonds is 3. The van der Waals surface area contributed by atoms with Crippen molar-refractivity contribution in [1.29, 1.82) is 0 Å². The van der Waals surface area contributed by atoms with Crippen LogP contribution in [0.15, 0.2) is 12.2 Å². The molecular formula is C10H13NO4. The molecule has 1 N–H and O–H groups in total. The fraction of sp³-hybridized carbons (Fsp3) is 0.500. The van der Waals surface area contributed by atoms with Crippen molar-refractivity contribution in [2.75, 3.05) is 6.54 Å². The predicted molar refractivity (Wildman–Crippen MR) is 52.0 cm³/mol. The van der Waals surface area contributed by atoms with E-state index >= 15 is 0 Å². The maximum Gasteiger partial charge on any atom is 0.328 e. The van der Waals surface area contributed by atoms with Crippen LogP contribution in [0.2, 0.25) is 0 Å². The van der Waals surface area contributed by atoms with E-state index in [0.717, 1.165) is 23.8 Å². The molecule has 0 aliphatic carbocycles. The van der Waals surface area contributed by atoms with Crippen LogP contribution >= 0.6 is 0 Å². The number of nitrogens with zero attached hydrogens (tertiary/aromatic N) is 1. The lowest BCUT2D eigenvalue weighted by molar-refractivity contribution is -0.143. The molecule has 0 radical (unpaired) electrons. The molecule has 0 unspecified atom stereocenters. The summed E-state index contributed by atoms with van der Waals surface area (Å²) < 4.78 is 0. The second-order valence-electron chi connectivity index (χ2n) is 3.35. The second-order valence-corrected chi connectivity index (χ2v) is 3.35. The van der Waals surface area contributed by atoms with Crippen molar-refractivity contribution in [2.45, 2.75) is 25.7 Å². The van der Waals surface area contributed by atoms with Crippen LogP contribution in [0.1, 0.15) is 25.7 Å². The summed E-state index contributed by atoms with van der Waals surface area (Å²) in [5.74, 6) is -1.51. The average molecular weight is 211 g/mol. The van der Waals surface area contributed by atoms with E-state index in [-0.39, 0.29) is 18.4 Å². The summed E-state index contributed by atoms with van der Waals surface area (Å²) in [6.45, 7) is 0.0595. The number of carbonyl (C=O) groups is 3. The van der Waals surface area contributed by atoms with Crippen LogP contribution in [0.4, 0.5) is 0 Å². The lowest BCUT2D eigenvalue weighted by Crippen LogP contribution is -2.35. The minimum Gasteiger partial charge on any atom is -0.478 e. The van der Waals surface area contributed by atoms with Gasteiger partial charge in [0.25, 0.3) is 0 Å². The first-order chi connectivity index (χ1) is 7.11. The molecule has 5 heteroatoms. The minimum absolute atomic E-state index is 0.0595. The molecule has 0 aromatic rings. The Bertz CT molecular complexity index is 291. The first-order valence-corrected chi connectivity index (χ1v) is 4.84. The molecule has 1 fully saturated rings. The molecule has 0 spiro atoms. The highest BCUT2D eigenvalue weighted by Gasteiger charge is 2.22. The zero-order chi connectivity index (χ0) is 11.3. The molecule has 0 bridgehead atoms. The number of hydrogen-bond acceptors (Lipinski definition) is 3. The molecule has 15 heavy (non-hydrogen) atoms. The van der Waals surface area contributed by atoms with Crippen LogP contribution in [0, 0.1) is 0 Å². The van der Waals surface area contributed by atoms with Gasteiger partial charge in [0.2, 0.25) is 11.8 Å². The van der Waals surface area contributed by atoms with Gasteiger partial charge in [0, 0.05) is 25.5 Å². The van der Waals surface area contributed by atoms with Gasteiger partial charge in [-0.25, -0.2) is 4.79 Å². The number of likely N-dealkylation sites (tertiary alicyclic amines) is 1. The number of amides is 2. The standard InChI is InChI=1S/C10H13NO4/c12-8-4-1-2-5-9(13)11(8)7-3-6-10(14)15/h3,6H,1-2,4-5,7H2,(H,14,15)/b6-3+. The second kappa shape index (κ2) is 5.29. The van der Waals surface area contributed by atoms with Crippen LogP contribution in [-0.2, 0) is 14.4 Å². The van der Waals surface area contributed by atoms with Crippen molar-refractivity contribution in [3.05, 3.63) is 12.2 Å². The summed E-state index contributed by atoms with van der Waals surface area (Å²) in [6.07, 6.45) is 4.43. The van der Waals surface area contributed by atoms with Crippen LogP contribution < -0.4 is 0 Å². The van der Waals surface area contributed by atoms with Gasteiger partial charge in [-0.1, -0.05) is 6.08 Å². The molecule has 1 aliphatic heterocycles. The van der Waals surface area contributed by atoms with E-state index in [2.05, 4.69) is 0 Å². The molecule has 1 heterocycles. The molecule has 2 amide bonds. The third-order valence-electron chi connectivity index (χ3n) is 2.18. The van der Waals surface area contributed by atoms with E-state index in [0.29, 0.717) is 12.8 Å². The first kappa shape index (κ1) is 11.4. The Balaban J connectivity index is 2.59. The monoisotopic (exact) mass is 211 g/mol. The molecular weight excluding hydrogens is 198 g/mol. The molecule has 82 valence electrons. The fourth-order valence-electron chi connectivity index (χ4n) is 1.42. The Hall–Kier alpha value is -1.65. The number of carboxylic acids is 1. The van der Waals surface area contributed by atoms with Gasteiger partial charge < -0.3 is 5.11 Å². The molecule has 1 saturated heterocycles. The molecule has 0 aromatic heterocycles. The SMILES string of the molecule is O=C(O)/C=C/CN1C(=O)CCCCC1=O. The smallest absolute Gasteiger partial charge is 0.328 e. The molecule has 5 nitrogen and oxygen atoms in total. The zero-order valence-electron chi connectivity index (χ0n) is 8.31. The Labute approximate surface area is 87.4 Å². The Morgan fingerprint density at radius 2 is 1.80 bits per heavy atom. The van der Waals surface area contributed by atoms with Crippen molar-refractivity contribution in [3.63, 3.8) is 0 Å². The molecule has 1 rings (SSSR count). The van der Waals surface area contributed by atoms with Gasteiger partial charge >= 0.3 is 5.97 Å². The van der Waals surface area contributed by atoms with Crippen LogP contribution in [0.25, 0.3) is 0 Å². The fourth-order valence-corrected chi connectivity index (χ4v) is 1.42. The van der Waals surface area contributed by atoms with Crippen LogP contribution in [0.3, 0.4) is 0 Å². The lowest BCUT2D eigenvalue weighted by atomic mass is 10.2. The summed E-state index contributed by atoms with van der Waals surface area (Å²) >= 11 is 0. The van der Waals surface area contributed by atoms with Crippen LogP contribution in [-0.4, -0.2) is 34.3 Å². The summed E-state index contributed by atoms with van der Waals surface area (Å²) in [6, 6.07) is 0. The van der Waals surface area contributed by atoms with E-state index in [4.69, 9.17) is 5.11 Å². The summed E-state index contributed by atoms with van der Waals surface area (Å²) in [5, 5.41) is 8.36. The lowest BCUT2D eigenvalue weighted by Gasteiger charge is -2.15. The highest BCUT2D eigenvalue weighted by molar-refractivity contribution is 5.96. The normalized spacial score (nSPS) is 18.3. The van der Waals surface area contributed by atoms with Crippen molar-refractivity contribution in [3.8, 4) is 0 Å². The van der Waals surface area contributed by atoms with Gasteiger partial charge in [-0.2, -0.15) is 0 Å². The van der Waals surface area contributed by atoms with Crippen molar-refractivity contribution >= 4 is 17.8 Å². The zero-order valence-corrected chi connectivity index (χ0v) is 8.31. The Morgan fingerprint density at radius 3 is 2.27 bits per heavy atom. The maximum atomic E-state index is 11.4. The third-order valence-corrected chi connectivity index (χ3v) is 2.18. The van der Waals surface area contributed by atoms with Gasteiger partial charge in [-0.05, 0) is 12.8 Å². The van der Waals surface area contributed by atoms with Crippen LogP contribution in [0.5, 0.6) is 0 Å². The van der Waals surface area contributed by atoms with Crippen molar-refractivity contribution in [1.82, 2.24) is 4.90 Å². The predicted octanol–water partition coefficient (Wildman–Crippen LogP) is 0.556. The maximum absolute atomic E-state index is 11.4. The topological polar surface area (TPSA) is 74.7 Å². The molecule has 1 aliphatic rings. The third kappa shape index (κ3) is 3.53. The van der Waals surface area contributed by atoms with Crippen molar-refractivity contribution in [2.24, 2.45) is 0 Å². The van der Waals surface area contributed by atoms with E-state index in [9.17, 15) is 14.4 Å². The highest BCUT2D eigenvalue weighted by Crippen LogP contribution is 2.12. The Kier molecular flexibility index (Phi) is 4.03. The van der Waals surface area contributed by atoms with Crippen molar-refractivity contribution < 1.29 is 19.5 Å². The summed E-state index contributed by atoms with van der Waals surface area (Å²) in [7, 11) is 0. The van der Waals surface area contributed by atoms with E-state index < -0.39 is 5.97 Å². The minimum atomic E-state index is -1.08. The van der Waals surface area contributed by atoms with Gasteiger partial charge in [0.15, 0.2) is 0 Å². The van der Waals surface area contributed by atoms with E-state index in [1.807, 2.05) is 0 Å². The summed E-state index contributed by atoms with van der Waals surface area (Å²) in [5.41, 5.74) is 0. The average Bonchev–Trinajstić information content (AvgIpc) is 2.31. The van der Waals surface area contributed by atoms with E-state index in [1.165, 1.54) is 6.08 Å². The highest BCUT2D eigenvalue weighted by atomic mass is 16.4. The number of carbonyl (C=O) groups excluding carboxylic acids is 2. The number of aliphatic carboxylic acids is 1. The summed E-state index contributed by atoms with van der Waals surface area (Å²) in [4.78, 5) is 34.2. The van der Waals surface area contributed by atoms with E-state index in [1.54, 1.807) is 0 Å².